The highest BCUT2D eigenvalue weighted by atomic mass is 32.1. The molecule has 0 saturated heterocycles. The molecular weight excluding hydrogens is 421 g/mol. The highest BCUT2D eigenvalue weighted by Gasteiger charge is 2.41. The minimum Gasteiger partial charge on any atom is -0.465 e. The summed E-state index contributed by atoms with van der Waals surface area (Å²) in [4.78, 5) is 11.6. The van der Waals surface area contributed by atoms with E-state index in [0.717, 1.165) is 12.1 Å². The number of alkyl halides is 3. The van der Waals surface area contributed by atoms with Gasteiger partial charge in [-0.2, -0.15) is 13.2 Å². The molecule has 1 amide bonds. The molecule has 0 aliphatic rings. The van der Waals surface area contributed by atoms with Gasteiger partial charge in [0.15, 0.2) is 8.32 Å². The number of amides is 1. The lowest BCUT2D eigenvalue weighted by Gasteiger charge is -2.41. The number of hydrogen-bond donors (Lipinski definition) is 3. The molecule has 4 N–H and O–H groups in total. The molecule has 0 heterocycles. The Kier molecular flexibility index (Phi) is 8.26. The molecule has 1 aromatic rings. The van der Waals surface area contributed by atoms with Crippen LogP contribution in [-0.4, -0.2) is 30.5 Å². The molecule has 0 saturated carbocycles. The standard InChI is InChI=1S/C19H29F3N2O3SSi/c1-18(2,3)29(4,5)27-16(14(24-17(25)26)10-11-15(23)28)12-6-8-13(9-7-12)19(20,21)22/h6-9,14,16,24H,10-11H2,1-5H3,(H2,23,28)(H,25,26)/t14-,16+/m1/s1. The van der Waals surface area contributed by atoms with Crippen molar-refractivity contribution in [2.75, 3.05) is 0 Å². The first-order valence-electron chi connectivity index (χ1n) is 9.17. The molecule has 2 atom stereocenters. The van der Waals surface area contributed by atoms with E-state index in [9.17, 15) is 23.1 Å². The van der Waals surface area contributed by atoms with Crippen LogP contribution in [0.1, 0.15) is 50.8 Å². The normalized spacial score (nSPS) is 14.9. The Morgan fingerprint density at radius 1 is 1.24 bits per heavy atom. The van der Waals surface area contributed by atoms with Crippen molar-refractivity contribution in [1.29, 1.82) is 0 Å². The van der Waals surface area contributed by atoms with Gasteiger partial charge in [0.1, 0.15) is 0 Å². The molecule has 1 aromatic carbocycles. The summed E-state index contributed by atoms with van der Waals surface area (Å²) < 4.78 is 45.3. The van der Waals surface area contributed by atoms with Crippen molar-refractivity contribution < 1.29 is 27.5 Å². The van der Waals surface area contributed by atoms with Crippen molar-refractivity contribution in [3.8, 4) is 0 Å². The van der Waals surface area contributed by atoms with Gasteiger partial charge in [-0.05, 0) is 48.7 Å². The lowest BCUT2D eigenvalue weighted by atomic mass is 9.97. The summed E-state index contributed by atoms with van der Waals surface area (Å²) in [5, 5.41) is 11.5. The summed E-state index contributed by atoms with van der Waals surface area (Å²) in [6, 6.07) is 3.89. The first-order chi connectivity index (χ1) is 13.0. The van der Waals surface area contributed by atoms with Gasteiger partial charge in [-0.15, -0.1) is 0 Å². The third kappa shape index (κ3) is 7.59. The molecule has 0 spiro atoms. The number of rotatable bonds is 8. The zero-order chi connectivity index (χ0) is 22.6. The number of nitrogens with one attached hydrogen (secondary N) is 1. The van der Waals surface area contributed by atoms with Gasteiger partial charge < -0.3 is 20.6 Å². The monoisotopic (exact) mass is 450 g/mol. The van der Waals surface area contributed by atoms with Crippen LogP contribution in [0.25, 0.3) is 0 Å². The van der Waals surface area contributed by atoms with Gasteiger partial charge in [-0.25, -0.2) is 4.79 Å². The van der Waals surface area contributed by atoms with Crippen LogP contribution in [0.15, 0.2) is 24.3 Å². The maximum Gasteiger partial charge on any atom is 0.416 e. The summed E-state index contributed by atoms with van der Waals surface area (Å²) in [5.74, 6) is 0. The van der Waals surface area contributed by atoms with E-state index in [0.29, 0.717) is 5.56 Å². The minimum atomic E-state index is -4.46. The smallest absolute Gasteiger partial charge is 0.416 e. The molecule has 10 heteroatoms. The maximum absolute atomic E-state index is 12.9. The van der Waals surface area contributed by atoms with Gasteiger partial charge in [-0.1, -0.05) is 45.1 Å². The summed E-state index contributed by atoms with van der Waals surface area (Å²) in [5.41, 5.74) is 5.26. The van der Waals surface area contributed by atoms with Crippen LogP contribution >= 0.6 is 12.2 Å². The van der Waals surface area contributed by atoms with Gasteiger partial charge in [0.05, 0.1) is 22.7 Å². The fourth-order valence-corrected chi connectivity index (χ4v) is 3.90. The lowest BCUT2D eigenvalue weighted by Crippen LogP contribution is -2.48. The molecule has 5 nitrogen and oxygen atoms in total. The van der Waals surface area contributed by atoms with Crippen molar-refractivity contribution in [2.24, 2.45) is 5.73 Å². The molecule has 0 aromatic heterocycles. The van der Waals surface area contributed by atoms with E-state index in [1.165, 1.54) is 12.1 Å². The molecule has 0 radical (unpaired) electrons. The van der Waals surface area contributed by atoms with Crippen LogP contribution in [0.3, 0.4) is 0 Å². The Morgan fingerprint density at radius 2 is 1.76 bits per heavy atom. The quantitative estimate of drug-likeness (QED) is 0.361. The summed E-state index contributed by atoms with van der Waals surface area (Å²) in [6.07, 6.45) is -5.95. The van der Waals surface area contributed by atoms with Crippen LogP contribution in [0.4, 0.5) is 18.0 Å². The van der Waals surface area contributed by atoms with Crippen LogP contribution in [0, 0.1) is 0 Å². The molecule has 0 unspecified atom stereocenters. The minimum absolute atomic E-state index is 0.186. The Labute approximate surface area is 175 Å². The number of halogens is 3. The van der Waals surface area contributed by atoms with Gasteiger partial charge >= 0.3 is 12.3 Å². The van der Waals surface area contributed by atoms with Gasteiger partial charge in [0.2, 0.25) is 0 Å². The fraction of sp³-hybridized carbons (Fsp3) is 0.579. The second-order valence-corrected chi connectivity index (χ2v) is 13.8. The van der Waals surface area contributed by atoms with Gasteiger partial charge in [-0.3, -0.25) is 0 Å². The van der Waals surface area contributed by atoms with E-state index in [1.54, 1.807) is 0 Å². The van der Waals surface area contributed by atoms with E-state index < -0.39 is 38.3 Å². The third-order valence-electron chi connectivity index (χ3n) is 5.17. The molecule has 0 fully saturated rings. The van der Waals surface area contributed by atoms with Crippen molar-refractivity contribution >= 4 is 31.6 Å². The lowest BCUT2D eigenvalue weighted by molar-refractivity contribution is -0.137. The predicted octanol–water partition coefficient (Wildman–Crippen LogP) is 5.47. The van der Waals surface area contributed by atoms with Crippen LogP contribution < -0.4 is 11.1 Å². The Balaban J connectivity index is 3.38. The largest absolute Gasteiger partial charge is 0.465 e. The second-order valence-electron chi connectivity index (χ2n) is 8.48. The molecule has 29 heavy (non-hydrogen) atoms. The van der Waals surface area contributed by atoms with Crippen LogP contribution in [0.2, 0.25) is 18.1 Å². The number of carboxylic acid groups (broad SMARTS) is 1. The Hall–Kier alpha value is -1.65. The van der Waals surface area contributed by atoms with Crippen molar-refractivity contribution in [3.63, 3.8) is 0 Å². The SMILES string of the molecule is CC(C)(C)[Si](C)(C)O[C@@H](c1ccc(C(F)(F)F)cc1)[C@@H](CCC(N)=S)NC(=O)O. The average Bonchev–Trinajstić information content (AvgIpc) is 2.54. The maximum atomic E-state index is 12.9. The molecule has 0 aliphatic heterocycles. The van der Waals surface area contributed by atoms with E-state index in [2.05, 4.69) is 5.32 Å². The first-order valence-corrected chi connectivity index (χ1v) is 12.5. The van der Waals surface area contributed by atoms with Crippen molar-refractivity contribution in [2.45, 2.75) is 70.1 Å². The third-order valence-corrected chi connectivity index (χ3v) is 9.83. The first kappa shape index (κ1) is 25.4. The summed E-state index contributed by atoms with van der Waals surface area (Å²) in [6.45, 7) is 10.1. The Morgan fingerprint density at radius 3 is 2.14 bits per heavy atom. The number of nitrogens with two attached hydrogens (primary N) is 1. The zero-order valence-electron chi connectivity index (χ0n) is 17.3. The van der Waals surface area contributed by atoms with Gasteiger partial charge in [0.25, 0.3) is 0 Å². The van der Waals surface area contributed by atoms with E-state index in [4.69, 9.17) is 22.4 Å². The summed E-state index contributed by atoms with van der Waals surface area (Å²) >= 11 is 4.90. The number of benzene rings is 1. The highest BCUT2D eigenvalue weighted by Crippen LogP contribution is 2.41. The average molecular weight is 451 g/mol. The molecule has 0 bridgehead atoms. The second kappa shape index (κ2) is 9.44. The zero-order valence-corrected chi connectivity index (χ0v) is 19.1. The van der Waals surface area contributed by atoms with E-state index in [1.807, 2.05) is 33.9 Å². The van der Waals surface area contributed by atoms with Crippen molar-refractivity contribution in [1.82, 2.24) is 5.32 Å². The topological polar surface area (TPSA) is 84.6 Å². The molecule has 1 rings (SSSR count). The van der Waals surface area contributed by atoms with Crippen LogP contribution in [-0.2, 0) is 10.6 Å². The number of hydrogen-bond acceptors (Lipinski definition) is 3. The highest BCUT2D eigenvalue weighted by molar-refractivity contribution is 7.80. The Bertz CT molecular complexity index is 719. The number of thiocarbonyl (C=S) groups is 1. The van der Waals surface area contributed by atoms with E-state index >= 15 is 0 Å². The molecular formula is C19H29F3N2O3SSi. The molecule has 0 aliphatic carbocycles. The summed E-state index contributed by atoms with van der Waals surface area (Å²) in [7, 11) is -2.39. The van der Waals surface area contributed by atoms with Gasteiger partial charge in [0, 0.05) is 0 Å². The van der Waals surface area contributed by atoms with Crippen molar-refractivity contribution in [3.05, 3.63) is 35.4 Å². The van der Waals surface area contributed by atoms with E-state index in [-0.39, 0.29) is 22.9 Å². The number of carbonyl (C=O) groups is 1. The predicted molar refractivity (Wildman–Crippen MR) is 113 cm³/mol. The molecule has 164 valence electrons. The van der Waals surface area contributed by atoms with Crippen LogP contribution in [0.5, 0.6) is 0 Å². The fourth-order valence-electron chi connectivity index (χ4n) is 2.49.